The summed E-state index contributed by atoms with van der Waals surface area (Å²) in [7, 11) is 0. The van der Waals surface area contributed by atoms with Gasteiger partial charge in [-0.1, -0.05) is 48.0 Å². The van der Waals surface area contributed by atoms with Crippen molar-refractivity contribution in [2.45, 2.75) is 27.7 Å². The van der Waals surface area contributed by atoms with Crippen molar-refractivity contribution in [1.29, 1.82) is 0 Å². The number of halogens is 1. The number of likely N-dealkylation sites (N-methyl/N-ethyl adjacent to an activating group) is 1. The van der Waals surface area contributed by atoms with E-state index in [1.807, 2.05) is 61.7 Å². The molecule has 0 aliphatic carbocycles. The number of H-pyrrole nitrogens is 1. The summed E-state index contributed by atoms with van der Waals surface area (Å²) in [6.45, 7) is 11.3. The van der Waals surface area contributed by atoms with E-state index in [1.165, 1.54) is 0 Å². The molecule has 0 spiro atoms. The number of anilines is 1. The molecule has 0 saturated carbocycles. The molecule has 40 heavy (non-hydrogen) atoms. The minimum absolute atomic E-state index is 0.105. The number of aromatic nitrogens is 2. The number of fused-ring (bicyclic) bond motifs is 1. The van der Waals surface area contributed by atoms with E-state index >= 15 is 0 Å². The third kappa shape index (κ3) is 5.68. The van der Waals surface area contributed by atoms with Crippen molar-refractivity contribution < 1.29 is 9.59 Å². The van der Waals surface area contributed by atoms with E-state index < -0.39 is 0 Å². The third-order valence-corrected chi connectivity index (χ3v) is 8.66. The highest BCUT2D eigenvalue weighted by Gasteiger charge is 2.26. The second-order valence-electron chi connectivity index (χ2n) is 9.77. The van der Waals surface area contributed by atoms with Crippen LogP contribution in [0.5, 0.6) is 0 Å². The molecule has 5 rings (SSSR count). The zero-order valence-electron chi connectivity index (χ0n) is 23.0. The summed E-state index contributed by atoms with van der Waals surface area (Å²) in [6.07, 6.45) is 1.84. The maximum absolute atomic E-state index is 13.0. The number of rotatable bonds is 9. The van der Waals surface area contributed by atoms with Crippen LogP contribution in [0.15, 0.2) is 52.3 Å². The van der Waals surface area contributed by atoms with Crippen molar-refractivity contribution in [1.82, 2.24) is 20.2 Å². The Kier molecular flexibility index (Phi) is 8.35. The monoisotopic (exact) mass is 617 g/mol. The van der Waals surface area contributed by atoms with E-state index in [4.69, 9.17) is 4.98 Å². The molecule has 1 aliphatic heterocycles. The largest absolute Gasteiger partial charge is 0.358 e. The number of aryl methyl sites for hydroxylation is 1. The first-order chi connectivity index (χ1) is 19.3. The first kappa shape index (κ1) is 28.0. The van der Waals surface area contributed by atoms with Gasteiger partial charge in [0.2, 0.25) is 0 Å². The van der Waals surface area contributed by atoms with Gasteiger partial charge in [0.1, 0.15) is 5.01 Å². The molecule has 2 aromatic carbocycles. The van der Waals surface area contributed by atoms with Crippen LogP contribution in [0.1, 0.15) is 46.7 Å². The van der Waals surface area contributed by atoms with Crippen LogP contribution < -0.4 is 10.6 Å². The molecule has 2 amide bonds. The minimum atomic E-state index is -0.169. The van der Waals surface area contributed by atoms with Gasteiger partial charge in [-0.3, -0.25) is 9.59 Å². The summed E-state index contributed by atoms with van der Waals surface area (Å²) >= 11 is 5.12. The average molecular weight is 619 g/mol. The van der Waals surface area contributed by atoms with E-state index in [-0.39, 0.29) is 11.8 Å². The fourth-order valence-corrected chi connectivity index (χ4v) is 6.24. The van der Waals surface area contributed by atoms with Crippen LogP contribution in [0, 0.1) is 13.8 Å². The molecular weight excluding hydrogens is 586 g/mol. The Morgan fingerprint density at radius 3 is 2.67 bits per heavy atom. The molecule has 0 unspecified atom stereocenters. The van der Waals surface area contributed by atoms with E-state index in [2.05, 4.69) is 56.4 Å². The number of hydrogen-bond acceptors (Lipinski definition) is 5. The Morgan fingerprint density at radius 1 is 1.12 bits per heavy atom. The van der Waals surface area contributed by atoms with Gasteiger partial charge in [-0.25, -0.2) is 4.98 Å². The van der Waals surface area contributed by atoms with Gasteiger partial charge in [0.15, 0.2) is 0 Å². The Bertz CT molecular complexity index is 1620. The highest BCUT2D eigenvalue weighted by Crippen LogP contribution is 2.38. The number of benzene rings is 2. The number of carbonyl (C=O) groups is 2. The number of nitrogens with zero attached hydrogens (tertiary/aromatic N) is 2. The summed E-state index contributed by atoms with van der Waals surface area (Å²) in [4.78, 5) is 36.5. The maximum Gasteiger partial charge on any atom is 0.256 e. The molecule has 0 bridgehead atoms. The molecule has 2 aromatic heterocycles. The number of amides is 2. The average Bonchev–Trinajstić information content (AvgIpc) is 3.62. The Hall–Kier alpha value is -3.53. The van der Waals surface area contributed by atoms with E-state index in [9.17, 15) is 9.59 Å². The highest BCUT2D eigenvalue weighted by molar-refractivity contribution is 9.10. The van der Waals surface area contributed by atoms with Gasteiger partial charge in [-0.05, 0) is 62.8 Å². The van der Waals surface area contributed by atoms with Crippen molar-refractivity contribution in [3.63, 3.8) is 0 Å². The van der Waals surface area contributed by atoms with Crippen LogP contribution in [-0.2, 0) is 4.79 Å². The lowest BCUT2D eigenvalue weighted by Gasteiger charge is -2.18. The lowest BCUT2D eigenvalue weighted by Crippen LogP contribution is -2.35. The molecule has 0 atom stereocenters. The van der Waals surface area contributed by atoms with Gasteiger partial charge in [-0.15, -0.1) is 11.3 Å². The van der Waals surface area contributed by atoms with Gasteiger partial charge >= 0.3 is 0 Å². The quantitative estimate of drug-likeness (QED) is 0.181. The molecule has 9 heteroatoms. The molecule has 7 nitrogen and oxygen atoms in total. The second kappa shape index (κ2) is 11.9. The topological polar surface area (TPSA) is 90.1 Å². The fourth-order valence-electron chi connectivity index (χ4n) is 5.01. The molecule has 3 N–H and O–H groups in total. The minimum Gasteiger partial charge on any atom is -0.358 e. The molecule has 0 radical (unpaired) electrons. The summed E-state index contributed by atoms with van der Waals surface area (Å²) in [5, 5.41) is 8.98. The predicted molar refractivity (Wildman–Crippen MR) is 168 cm³/mol. The van der Waals surface area contributed by atoms with Crippen molar-refractivity contribution in [2.24, 2.45) is 0 Å². The molecule has 0 saturated heterocycles. The van der Waals surface area contributed by atoms with Crippen molar-refractivity contribution in [3.8, 4) is 21.8 Å². The summed E-state index contributed by atoms with van der Waals surface area (Å²) in [6, 6.07) is 14.0. The number of thiazole rings is 1. The molecule has 0 fully saturated rings. The van der Waals surface area contributed by atoms with Crippen molar-refractivity contribution in [3.05, 3.63) is 80.4 Å². The summed E-state index contributed by atoms with van der Waals surface area (Å²) in [5.74, 6) is -0.275. The van der Waals surface area contributed by atoms with Gasteiger partial charge in [-0.2, -0.15) is 0 Å². The highest BCUT2D eigenvalue weighted by atomic mass is 79.9. The maximum atomic E-state index is 13.0. The predicted octanol–water partition coefficient (Wildman–Crippen LogP) is 6.75. The van der Waals surface area contributed by atoms with Crippen LogP contribution in [0.25, 0.3) is 33.5 Å². The SMILES string of the molecule is CCN(CC)CCNC(=O)c1c(C)[nH]c(/C=C2\C(=O)Nc3ccc(-c4csc(-c5cccc(Br)c5)n4)cc32)c1C. The first-order valence-electron chi connectivity index (χ1n) is 13.4. The Balaban J connectivity index is 1.41. The Labute approximate surface area is 246 Å². The molecule has 4 aromatic rings. The van der Waals surface area contributed by atoms with E-state index in [0.717, 1.165) is 74.1 Å². The van der Waals surface area contributed by atoms with Crippen LogP contribution in [-0.4, -0.2) is 52.9 Å². The summed E-state index contributed by atoms with van der Waals surface area (Å²) < 4.78 is 1.01. The van der Waals surface area contributed by atoms with Crippen LogP contribution in [0.2, 0.25) is 0 Å². The Morgan fingerprint density at radius 2 is 1.93 bits per heavy atom. The number of carbonyl (C=O) groups excluding carboxylic acids is 2. The van der Waals surface area contributed by atoms with Crippen LogP contribution >= 0.6 is 27.3 Å². The van der Waals surface area contributed by atoms with Gasteiger partial charge in [0, 0.05) is 56.7 Å². The second-order valence-corrected chi connectivity index (χ2v) is 11.5. The smallest absolute Gasteiger partial charge is 0.256 e. The third-order valence-electron chi connectivity index (χ3n) is 7.27. The standard InChI is InChI=1S/C31H32BrN5O2S/c1-5-37(6-2)13-12-33-30(39)28-18(3)26(34-19(28)4)16-24-23-15-20(10-11-25(23)35-29(24)38)27-17-40-31(36-27)21-8-7-9-22(32)14-21/h7-11,14-17,34H,5-6,12-13H2,1-4H3,(H,33,39)(H,35,38)/b24-16-. The lowest BCUT2D eigenvalue weighted by molar-refractivity contribution is -0.110. The van der Waals surface area contributed by atoms with Gasteiger partial charge < -0.3 is 20.5 Å². The van der Waals surface area contributed by atoms with Crippen molar-refractivity contribution >= 4 is 56.4 Å². The number of nitrogens with one attached hydrogen (secondary N) is 3. The molecule has 206 valence electrons. The number of hydrogen-bond donors (Lipinski definition) is 3. The summed E-state index contributed by atoms with van der Waals surface area (Å²) in [5.41, 5.74) is 7.95. The first-order valence-corrected chi connectivity index (χ1v) is 15.0. The van der Waals surface area contributed by atoms with E-state index in [1.54, 1.807) is 11.3 Å². The lowest BCUT2D eigenvalue weighted by atomic mass is 10.0. The number of aromatic amines is 1. The molecule has 1 aliphatic rings. The zero-order chi connectivity index (χ0) is 28.4. The van der Waals surface area contributed by atoms with Crippen LogP contribution in [0.3, 0.4) is 0 Å². The normalized spacial score (nSPS) is 13.7. The molecule has 3 heterocycles. The fraction of sp³-hybridized carbons (Fsp3) is 0.258. The zero-order valence-corrected chi connectivity index (χ0v) is 25.4. The van der Waals surface area contributed by atoms with Gasteiger partial charge in [0.05, 0.1) is 16.8 Å². The van der Waals surface area contributed by atoms with Crippen molar-refractivity contribution in [2.75, 3.05) is 31.5 Å². The van der Waals surface area contributed by atoms with Gasteiger partial charge in [0.25, 0.3) is 11.8 Å². The van der Waals surface area contributed by atoms with E-state index in [0.29, 0.717) is 17.7 Å². The molecular formula is C31H32BrN5O2S. The van der Waals surface area contributed by atoms with Crippen LogP contribution in [0.4, 0.5) is 5.69 Å².